The van der Waals surface area contributed by atoms with Crippen LogP contribution in [0.15, 0.2) is 47.1 Å². The van der Waals surface area contributed by atoms with E-state index >= 15 is 0 Å². The van der Waals surface area contributed by atoms with Crippen molar-refractivity contribution in [2.24, 2.45) is 18.9 Å². The van der Waals surface area contributed by atoms with Crippen molar-refractivity contribution >= 4 is 11.6 Å². The van der Waals surface area contributed by atoms with Crippen LogP contribution >= 0.6 is 11.6 Å². The van der Waals surface area contributed by atoms with Gasteiger partial charge in [-0.05, 0) is 39.0 Å². The van der Waals surface area contributed by atoms with Crippen molar-refractivity contribution in [3.63, 3.8) is 0 Å². The molecule has 142 valence electrons. The molecule has 3 rings (SSSR count). The van der Waals surface area contributed by atoms with Gasteiger partial charge in [0, 0.05) is 31.1 Å². The Labute approximate surface area is 164 Å². The Morgan fingerprint density at radius 2 is 2.19 bits per heavy atom. The highest BCUT2D eigenvalue weighted by atomic mass is 35.5. The molecule has 5 nitrogen and oxygen atoms in total. The largest absolute Gasteiger partial charge is 0.477 e. The summed E-state index contributed by atoms with van der Waals surface area (Å²) >= 11 is 6.34. The van der Waals surface area contributed by atoms with Gasteiger partial charge in [0.2, 0.25) is 5.88 Å². The highest BCUT2D eigenvalue weighted by Gasteiger charge is 2.35. The first-order valence-corrected chi connectivity index (χ1v) is 9.37. The maximum Gasteiger partial charge on any atom is 0.250 e. The van der Waals surface area contributed by atoms with E-state index in [2.05, 4.69) is 42.0 Å². The summed E-state index contributed by atoms with van der Waals surface area (Å²) in [7, 11) is 1.66. The molecule has 1 saturated carbocycles. The van der Waals surface area contributed by atoms with Gasteiger partial charge >= 0.3 is 0 Å². The molecule has 1 aliphatic carbocycles. The molecule has 0 amide bonds. The fraction of sp³-hybridized carbons (Fsp3) is 0.381. The summed E-state index contributed by atoms with van der Waals surface area (Å²) in [5.41, 5.74) is 2.37. The van der Waals surface area contributed by atoms with Crippen LogP contribution in [-0.2, 0) is 7.05 Å². The molecule has 2 aromatic rings. The molecule has 27 heavy (non-hydrogen) atoms. The van der Waals surface area contributed by atoms with Crippen LogP contribution in [0.25, 0.3) is 11.1 Å². The molecule has 0 spiro atoms. The number of allylic oxidation sites excluding steroid dienone is 4. The van der Waals surface area contributed by atoms with E-state index in [4.69, 9.17) is 16.3 Å². The molecule has 0 aromatic carbocycles. The summed E-state index contributed by atoms with van der Waals surface area (Å²) in [5, 5.41) is 0.461. The van der Waals surface area contributed by atoms with Gasteiger partial charge in [-0.1, -0.05) is 35.4 Å². The predicted octanol–water partition coefficient (Wildman–Crippen LogP) is 4.34. The lowest BCUT2D eigenvalue weighted by atomic mass is 10.1. The molecule has 2 aromatic heterocycles. The standard InChI is InChI=1S/C21H24ClN3O2/c1-13(2)6-5-7-15-8-16(15)12-27-21-18(10-23-14(3)24-21)17-9-20(26)25(4)11-19(17)22/h5-7,9-11,15-16H,8,12H2,1-4H3/b7-5+/t15-,16+/m0/s1. The smallest absolute Gasteiger partial charge is 0.250 e. The third-order valence-corrected chi connectivity index (χ3v) is 4.84. The number of aryl methyl sites for hydroxylation is 2. The van der Waals surface area contributed by atoms with Crippen LogP contribution in [0.2, 0.25) is 5.02 Å². The van der Waals surface area contributed by atoms with Gasteiger partial charge in [0.25, 0.3) is 5.56 Å². The quantitative estimate of drug-likeness (QED) is 0.694. The molecule has 0 bridgehead atoms. The first-order chi connectivity index (χ1) is 12.8. The fourth-order valence-corrected chi connectivity index (χ4v) is 3.13. The van der Waals surface area contributed by atoms with Crippen LogP contribution in [0.3, 0.4) is 0 Å². The Morgan fingerprint density at radius 3 is 2.93 bits per heavy atom. The molecule has 0 unspecified atom stereocenters. The van der Waals surface area contributed by atoms with Gasteiger partial charge in [0.1, 0.15) is 5.82 Å². The zero-order valence-electron chi connectivity index (χ0n) is 16.1. The molecule has 2 atom stereocenters. The molecule has 1 fully saturated rings. The third kappa shape index (κ3) is 4.86. The Hall–Kier alpha value is -2.40. The molecule has 0 aliphatic heterocycles. The van der Waals surface area contributed by atoms with Gasteiger partial charge in [-0.15, -0.1) is 0 Å². The summed E-state index contributed by atoms with van der Waals surface area (Å²) in [6, 6.07) is 1.49. The van der Waals surface area contributed by atoms with Gasteiger partial charge in [-0.3, -0.25) is 4.79 Å². The average molecular weight is 386 g/mol. The molecule has 0 N–H and O–H groups in total. The lowest BCUT2D eigenvalue weighted by Gasteiger charge is -2.12. The van der Waals surface area contributed by atoms with Gasteiger partial charge in [0.15, 0.2) is 0 Å². The lowest BCUT2D eigenvalue weighted by Crippen LogP contribution is -2.15. The lowest BCUT2D eigenvalue weighted by molar-refractivity contribution is 0.284. The van der Waals surface area contributed by atoms with E-state index in [1.54, 1.807) is 19.4 Å². The van der Waals surface area contributed by atoms with E-state index in [1.165, 1.54) is 16.2 Å². The van der Waals surface area contributed by atoms with E-state index in [-0.39, 0.29) is 5.56 Å². The number of aromatic nitrogens is 3. The second-order valence-corrected chi connectivity index (χ2v) is 7.63. The molecule has 2 heterocycles. The summed E-state index contributed by atoms with van der Waals surface area (Å²) in [6.45, 7) is 6.55. The van der Waals surface area contributed by atoms with Crippen LogP contribution in [0.1, 0.15) is 26.1 Å². The minimum Gasteiger partial charge on any atom is -0.477 e. The van der Waals surface area contributed by atoms with E-state index in [0.717, 1.165) is 6.42 Å². The molecule has 0 radical (unpaired) electrons. The van der Waals surface area contributed by atoms with Crippen LogP contribution in [-0.4, -0.2) is 21.1 Å². The van der Waals surface area contributed by atoms with Crippen molar-refractivity contribution in [2.45, 2.75) is 27.2 Å². The van der Waals surface area contributed by atoms with Gasteiger partial charge < -0.3 is 9.30 Å². The monoisotopic (exact) mass is 385 g/mol. The predicted molar refractivity (Wildman–Crippen MR) is 108 cm³/mol. The topological polar surface area (TPSA) is 57.0 Å². The van der Waals surface area contributed by atoms with Crippen molar-refractivity contribution < 1.29 is 4.74 Å². The van der Waals surface area contributed by atoms with Gasteiger partial charge in [0.05, 0.1) is 17.2 Å². The third-order valence-electron chi connectivity index (χ3n) is 4.54. The summed E-state index contributed by atoms with van der Waals surface area (Å²) < 4.78 is 7.45. The Bertz CT molecular complexity index is 958. The summed E-state index contributed by atoms with van der Waals surface area (Å²) in [5.74, 6) is 2.11. The number of halogens is 1. The van der Waals surface area contributed by atoms with Crippen LogP contribution in [0, 0.1) is 18.8 Å². The Kier molecular flexibility index (Phi) is 5.80. The zero-order chi connectivity index (χ0) is 19.6. The number of pyridine rings is 1. The fourth-order valence-electron chi connectivity index (χ4n) is 2.82. The Balaban J connectivity index is 1.77. The zero-order valence-corrected chi connectivity index (χ0v) is 16.8. The molecule has 1 aliphatic rings. The minimum absolute atomic E-state index is 0.146. The van der Waals surface area contributed by atoms with Crippen molar-refractivity contribution in [1.29, 1.82) is 0 Å². The maximum absolute atomic E-state index is 12.0. The van der Waals surface area contributed by atoms with Crippen LogP contribution < -0.4 is 10.3 Å². The summed E-state index contributed by atoms with van der Waals surface area (Å²) in [6.07, 6.45) is 10.8. The van der Waals surface area contributed by atoms with Crippen molar-refractivity contribution in [2.75, 3.05) is 6.61 Å². The van der Waals surface area contributed by atoms with Gasteiger partial charge in [-0.2, -0.15) is 4.98 Å². The van der Waals surface area contributed by atoms with Crippen LogP contribution in [0.4, 0.5) is 0 Å². The van der Waals surface area contributed by atoms with Crippen LogP contribution in [0.5, 0.6) is 5.88 Å². The number of ether oxygens (including phenoxy) is 1. The second-order valence-electron chi connectivity index (χ2n) is 7.22. The molecule has 0 saturated heterocycles. The van der Waals surface area contributed by atoms with Crippen molar-refractivity contribution in [3.05, 3.63) is 63.5 Å². The molecular weight excluding hydrogens is 362 g/mol. The molecule has 6 heteroatoms. The number of hydrogen-bond donors (Lipinski definition) is 0. The first-order valence-electron chi connectivity index (χ1n) is 9.00. The molecular formula is C21H24ClN3O2. The number of nitrogens with zero attached hydrogens (tertiary/aromatic N) is 3. The highest BCUT2D eigenvalue weighted by molar-refractivity contribution is 6.33. The highest BCUT2D eigenvalue weighted by Crippen LogP contribution is 2.41. The minimum atomic E-state index is -0.146. The first kappa shape index (κ1) is 19.4. The van der Waals surface area contributed by atoms with E-state index in [0.29, 0.717) is 46.3 Å². The number of rotatable bonds is 6. The van der Waals surface area contributed by atoms with E-state index < -0.39 is 0 Å². The second kappa shape index (κ2) is 8.09. The maximum atomic E-state index is 12.0. The normalized spacial score (nSPS) is 18.6. The average Bonchev–Trinajstić information content (AvgIpc) is 3.35. The SMILES string of the molecule is CC(C)=C/C=C/[C@H]1C[C@@H]1COc1nc(C)ncc1-c1cc(=O)n(C)cc1Cl. The van der Waals surface area contributed by atoms with E-state index in [9.17, 15) is 4.79 Å². The van der Waals surface area contributed by atoms with Crippen molar-refractivity contribution in [1.82, 2.24) is 14.5 Å². The van der Waals surface area contributed by atoms with Crippen molar-refractivity contribution in [3.8, 4) is 17.0 Å². The number of hydrogen-bond acceptors (Lipinski definition) is 4. The van der Waals surface area contributed by atoms with Gasteiger partial charge in [-0.25, -0.2) is 4.98 Å². The summed E-state index contributed by atoms with van der Waals surface area (Å²) in [4.78, 5) is 20.7. The van der Waals surface area contributed by atoms with E-state index in [1.807, 2.05) is 6.92 Å². The Morgan fingerprint density at radius 1 is 1.41 bits per heavy atom.